The minimum atomic E-state index is 0.280. The quantitative estimate of drug-likeness (QED) is 0.783. The highest BCUT2D eigenvalue weighted by Crippen LogP contribution is 2.28. The molecule has 0 aliphatic heterocycles. The Hall–Kier alpha value is -1.23. The molecule has 0 saturated carbocycles. The van der Waals surface area contributed by atoms with Crippen LogP contribution in [0.2, 0.25) is 10.0 Å². The van der Waals surface area contributed by atoms with Crippen molar-refractivity contribution in [3.63, 3.8) is 0 Å². The summed E-state index contributed by atoms with van der Waals surface area (Å²) in [4.78, 5) is 0. The fourth-order valence-electron chi connectivity index (χ4n) is 1.64. The van der Waals surface area contributed by atoms with Gasteiger partial charge in [0.1, 0.15) is 12.4 Å². The fourth-order valence-corrected chi connectivity index (χ4v) is 2.10. The minimum Gasteiger partial charge on any atom is -0.484 e. The number of hydrogen-bond acceptors (Lipinski definition) is 4. The van der Waals surface area contributed by atoms with Gasteiger partial charge in [-0.15, -0.1) is 0 Å². The highest BCUT2D eigenvalue weighted by Gasteiger charge is 2.07. The highest BCUT2D eigenvalue weighted by atomic mass is 35.5. The molecular formula is C14H16Cl2N2O2. The zero-order valence-electron chi connectivity index (χ0n) is 11.2. The first-order valence-corrected chi connectivity index (χ1v) is 7.17. The number of halogens is 2. The van der Waals surface area contributed by atoms with Crippen LogP contribution in [-0.4, -0.2) is 11.7 Å². The Morgan fingerprint density at radius 1 is 1.30 bits per heavy atom. The normalized spacial score (nSPS) is 10.8. The largest absolute Gasteiger partial charge is 0.484 e. The van der Waals surface area contributed by atoms with Crippen molar-refractivity contribution >= 4 is 23.2 Å². The van der Waals surface area contributed by atoms with Gasteiger partial charge in [0.15, 0.2) is 5.76 Å². The molecule has 0 aliphatic carbocycles. The molecule has 0 spiro atoms. The average Bonchev–Trinajstić information content (AvgIpc) is 2.86. The summed E-state index contributed by atoms with van der Waals surface area (Å²) >= 11 is 11.8. The molecule has 20 heavy (non-hydrogen) atoms. The molecule has 0 bridgehead atoms. The second-order valence-corrected chi connectivity index (χ2v) is 5.17. The van der Waals surface area contributed by atoms with E-state index >= 15 is 0 Å². The number of benzene rings is 1. The summed E-state index contributed by atoms with van der Waals surface area (Å²) in [5.74, 6) is 1.22. The van der Waals surface area contributed by atoms with Gasteiger partial charge in [-0.1, -0.05) is 35.3 Å². The molecule has 108 valence electrons. The molecule has 0 atom stereocenters. The van der Waals surface area contributed by atoms with E-state index in [0.29, 0.717) is 28.1 Å². The number of nitrogens with zero attached hydrogens (tertiary/aromatic N) is 1. The Morgan fingerprint density at radius 2 is 2.15 bits per heavy atom. The van der Waals surface area contributed by atoms with Gasteiger partial charge in [0, 0.05) is 17.6 Å². The molecule has 0 unspecified atom stereocenters. The van der Waals surface area contributed by atoms with E-state index in [-0.39, 0.29) is 6.61 Å². The van der Waals surface area contributed by atoms with Crippen molar-refractivity contribution in [3.05, 3.63) is 45.8 Å². The van der Waals surface area contributed by atoms with Crippen molar-refractivity contribution in [1.29, 1.82) is 0 Å². The van der Waals surface area contributed by atoms with Gasteiger partial charge in [-0.3, -0.25) is 0 Å². The highest BCUT2D eigenvalue weighted by molar-refractivity contribution is 6.35. The molecule has 1 aromatic heterocycles. The fraction of sp³-hybridized carbons (Fsp3) is 0.357. The Bertz CT molecular complexity index is 558. The molecule has 0 radical (unpaired) electrons. The van der Waals surface area contributed by atoms with Crippen LogP contribution in [0, 0.1) is 0 Å². The molecule has 1 heterocycles. The molecule has 2 aromatic rings. The van der Waals surface area contributed by atoms with Crippen LogP contribution in [-0.2, 0) is 13.2 Å². The van der Waals surface area contributed by atoms with Crippen molar-refractivity contribution in [2.24, 2.45) is 0 Å². The number of rotatable bonds is 7. The SMILES string of the molecule is CCCNCc1cc(COc2ccc(Cl)cc2Cl)on1. The van der Waals surface area contributed by atoms with Crippen molar-refractivity contribution < 1.29 is 9.26 Å². The predicted octanol–water partition coefficient (Wildman–Crippen LogP) is 4.06. The number of ether oxygens (including phenoxy) is 1. The van der Waals surface area contributed by atoms with Gasteiger partial charge in [-0.05, 0) is 31.2 Å². The first-order chi connectivity index (χ1) is 9.69. The van der Waals surface area contributed by atoms with Gasteiger partial charge >= 0.3 is 0 Å². The van der Waals surface area contributed by atoms with E-state index in [2.05, 4.69) is 17.4 Å². The first kappa shape index (κ1) is 15.2. The molecule has 0 fully saturated rings. The molecule has 4 nitrogen and oxygen atoms in total. The first-order valence-electron chi connectivity index (χ1n) is 6.42. The molecule has 0 saturated heterocycles. The Balaban J connectivity index is 1.87. The van der Waals surface area contributed by atoms with Crippen LogP contribution < -0.4 is 10.1 Å². The zero-order valence-corrected chi connectivity index (χ0v) is 12.7. The number of nitrogens with one attached hydrogen (secondary N) is 1. The summed E-state index contributed by atoms with van der Waals surface area (Å²) in [7, 11) is 0. The van der Waals surface area contributed by atoms with Crippen molar-refractivity contribution in [2.75, 3.05) is 6.54 Å². The van der Waals surface area contributed by atoms with Gasteiger partial charge < -0.3 is 14.6 Å². The van der Waals surface area contributed by atoms with Crippen LogP contribution in [0.3, 0.4) is 0 Å². The second kappa shape index (κ2) is 7.53. The molecule has 0 amide bonds. The smallest absolute Gasteiger partial charge is 0.174 e. The lowest BCUT2D eigenvalue weighted by Crippen LogP contribution is -2.13. The van der Waals surface area contributed by atoms with Crippen molar-refractivity contribution in [1.82, 2.24) is 10.5 Å². The molecule has 0 aliphatic rings. The van der Waals surface area contributed by atoms with E-state index in [1.807, 2.05) is 6.07 Å². The van der Waals surface area contributed by atoms with Crippen molar-refractivity contribution in [2.45, 2.75) is 26.5 Å². The van der Waals surface area contributed by atoms with Crippen molar-refractivity contribution in [3.8, 4) is 5.75 Å². The average molecular weight is 315 g/mol. The minimum absolute atomic E-state index is 0.280. The summed E-state index contributed by atoms with van der Waals surface area (Å²) in [6, 6.07) is 6.96. The van der Waals surface area contributed by atoms with E-state index in [1.54, 1.807) is 18.2 Å². The summed E-state index contributed by atoms with van der Waals surface area (Å²) in [6.07, 6.45) is 1.09. The van der Waals surface area contributed by atoms with Crippen LogP contribution in [0.25, 0.3) is 0 Å². The second-order valence-electron chi connectivity index (χ2n) is 4.32. The Labute approximate surface area is 128 Å². The predicted molar refractivity (Wildman–Crippen MR) is 79.3 cm³/mol. The third-order valence-corrected chi connectivity index (χ3v) is 3.13. The lowest BCUT2D eigenvalue weighted by molar-refractivity contribution is 0.248. The summed E-state index contributed by atoms with van der Waals surface area (Å²) < 4.78 is 10.8. The van der Waals surface area contributed by atoms with Gasteiger partial charge in [-0.2, -0.15) is 0 Å². The number of hydrogen-bond donors (Lipinski definition) is 1. The van der Waals surface area contributed by atoms with Crippen LogP contribution >= 0.6 is 23.2 Å². The third kappa shape index (κ3) is 4.40. The lowest BCUT2D eigenvalue weighted by Gasteiger charge is -2.05. The Morgan fingerprint density at radius 3 is 2.90 bits per heavy atom. The van der Waals surface area contributed by atoms with Crippen LogP contribution in [0.5, 0.6) is 5.75 Å². The maximum Gasteiger partial charge on any atom is 0.174 e. The van der Waals surface area contributed by atoms with E-state index in [4.69, 9.17) is 32.5 Å². The van der Waals surface area contributed by atoms with Gasteiger partial charge in [0.2, 0.25) is 0 Å². The van der Waals surface area contributed by atoms with Crippen LogP contribution in [0.1, 0.15) is 24.8 Å². The van der Waals surface area contributed by atoms with E-state index in [9.17, 15) is 0 Å². The molecule has 2 rings (SSSR count). The number of aromatic nitrogens is 1. The van der Waals surface area contributed by atoms with Crippen LogP contribution in [0.4, 0.5) is 0 Å². The van der Waals surface area contributed by atoms with E-state index in [1.165, 1.54) is 0 Å². The van der Waals surface area contributed by atoms with Gasteiger partial charge in [-0.25, -0.2) is 0 Å². The van der Waals surface area contributed by atoms with Gasteiger partial charge in [0.25, 0.3) is 0 Å². The maximum absolute atomic E-state index is 6.02. The molecule has 6 heteroatoms. The maximum atomic E-state index is 6.02. The molecule has 1 aromatic carbocycles. The van der Waals surface area contributed by atoms with Gasteiger partial charge in [0.05, 0.1) is 10.7 Å². The summed E-state index contributed by atoms with van der Waals surface area (Å²) in [5.41, 5.74) is 0.860. The lowest BCUT2D eigenvalue weighted by atomic mass is 10.3. The van der Waals surface area contributed by atoms with E-state index in [0.717, 1.165) is 18.7 Å². The molecule has 1 N–H and O–H groups in total. The standard InChI is InChI=1S/C14H16Cl2N2O2/c1-2-5-17-8-11-7-12(20-18-11)9-19-14-4-3-10(15)6-13(14)16/h3-4,6-7,17H,2,5,8-9H2,1H3. The Kier molecular flexibility index (Phi) is 5.71. The third-order valence-electron chi connectivity index (χ3n) is 2.60. The van der Waals surface area contributed by atoms with Crippen LogP contribution in [0.15, 0.2) is 28.8 Å². The van der Waals surface area contributed by atoms with E-state index < -0.39 is 0 Å². The monoisotopic (exact) mass is 314 g/mol. The topological polar surface area (TPSA) is 47.3 Å². The summed E-state index contributed by atoms with van der Waals surface area (Å²) in [5, 5.41) is 8.27. The summed E-state index contributed by atoms with van der Waals surface area (Å²) in [6.45, 7) is 4.05. The molecular weight excluding hydrogens is 299 g/mol. The zero-order chi connectivity index (χ0) is 14.4.